The molecular formula is C16H20ClN3. The number of nitrogens with zero attached hydrogens (tertiary/aromatic N) is 2. The summed E-state index contributed by atoms with van der Waals surface area (Å²) in [6.45, 7) is 4.16. The average molecular weight is 290 g/mol. The lowest BCUT2D eigenvalue weighted by molar-refractivity contribution is 0.707. The molecule has 0 atom stereocenters. The summed E-state index contributed by atoms with van der Waals surface area (Å²) in [5.74, 6) is 0.347. The second-order valence-corrected chi connectivity index (χ2v) is 5.39. The van der Waals surface area contributed by atoms with E-state index in [1.807, 2.05) is 31.2 Å². The maximum absolute atomic E-state index is 6.09. The SMILES string of the molecule is CCCCCc1nc(N)nc(C)c1-c1cccc(Cl)c1. The number of halogens is 1. The van der Waals surface area contributed by atoms with Gasteiger partial charge in [0.05, 0.1) is 11.4 Å². The minimum Gasteiger partial charge on any atom is -0.368 e. The lowest BCUT2D eigenvalue weighted by atomic mass is 9.99. The first-order valence-corrected chi connectivity index (χ1v) is 7.38. The number of nitrogen functional groups attached to an aromatic ring is 1. The molecule has 0 aliphatic rings. The summed E-state index contributed by atoms with van der Waals surface area (Å²) in [4.78, 5) is 8.73. The van der Waals surface area contributed by atoms with E-state index in [1.54, 1.807) is 0 Å². The molecule has 4 heteroatoms. The Hall–Kier alpha value is -1.61. The van der Waals surface area contributed by atoms with E-state index in [0.29, 0.717) is 5.95 Å². The Balaban J connectivity index is 2.44. The Morgan fingerprint density at radius 1 is 1.20 bits per heavy atom. The summed E-state index contributed by atoms with van der Waals surface area (Å²) in [7, 11) is 0. The standard InChI is InChI=1S/C16H20ClN3/c1-3-4-5-9-14-15(11(2)19-16(18)20-14)12-7-6-8-13(17)10-12/h6-8,10H,3-5,9H2,1-2H3,(H2,18,19,20). The van der Waals surface area contributed by atoms with Crippen LogP contribution < -0.4 is 5.73 Å². The number of aryl methyl sites for hydroxylation is 2. The van der Waals surface area contributed by atoms with Crippen LogP contribution >= 0.6 is 11.6 Å². The largest absolute Gasteiger partial charge is 0.368 e. The number of aromatic nitrogens is 2. The highest BCUT2D eigenvalue weighted by molar-refractivity contribution is 6.30. The molecule has 3 nitrogen and oxygen atoms in total. The van der Waals surface area contributed by atoms with Gasteiger partial charge in [0.25, 0.3) is 0 Å². The fourth-order valence-electron chi connectivity index (χ4n) is 2.40. The van der Waals surface area contributed by atoms with Crippen molar-refractivity contribution in [3.63, 3.8) is 0 Å². The highest BCUT2D eigenvalue weighted by atomic mass is 35.5. The monoisotopic (exact) mass is 289 g/mol. The van der Waals surface area contributed by atoms with Crippen molar-refractivity contribution in [3.8, 4) is 11.1 Å². The molecule has 1 aromatic heterocycles. The quantitative estimate of drug-likeness (QED) is 0.829. The van der Waals surface area contributed by atoms with Gasteiger partial charge in [-0.2, -0.15) is 0 Å². The zero-order chi connectivity index (χ0) is 14.5. The van der Waals surface area contributed by atoms with Crippen LogP contribution in [0.2, 0.25) is 5.02 Å². The molecule has 0 aliphatic heterocycles. The third-order valence-electron chi connectivity index (χ3n) is 3.31. The zero-order valence-corrected chi connectivity index (χ0v) is 12.7. The van der Waals surface area contributed by atoms with Crippen LogP contribution in [0.4, 0.5) is 5.95 Å². The van der Waals surface area contributed by atoms with Crippen LogP contribution in [0.15, 0.2) is 24.3 Å². The van der Waals surface area contributed by atoms with Crippen molar-refractivity contribution in [1.29, 1.82) is 0 Å². The molecule has 1 aromatic carbocycles. The average Bonchev–Trinajstić information content (AvgIpc) is 2.38. The molecule has 2 aromatic rings. The van der Waals surface area contributed by atoms with E-state index in [4.69, 9.17) is 17.3 Å². The molecule has 0 amide bonds. The molecule has 1 heterocycles. The van der Waals surface area contributed by atoms with Crippen LogP contribution in [0, 0.1) is 6.92 Å². The van der Waals surface area contributed by atoms with Gasteiger partial charge in [0, 0.05) is 10.6 Å². The number of benzene rings is 1. The summed E-state index contributed by atoms with van der Waals surface area (Å²) in [6, 6.07) is 7.81. The molecule has 0 fully saturated rings. The minimum absolute atomic E-state index is 0.347. The predicted octanol–water partition coefficient (Wildman–Crippen LogP) is 4.42. The Morgan fingerprint density at radius 2 is 2.00 bits per heavy atom. The maximum Gasteiger partial charge on any atom is 0.220 e. The number of hydrogen-bond acceptors (Lipinski definition) is 3. The molecule has 0 saturated carbocycles. The Labute approximate surface area is 125 Å². The van der Waals surface area contributed by atoms with Gasteiger partial charge in [0.15, 0.2) is 0 Å². The molecule has 0 aliphatic carbocycles. The molecule has 2 N–H and O–H groups in total. The molecule has 0 unspecified atom stereocenters. The van der Waals surface area contributed by atoms with Gasteiger partial charge in [0.2, 0.25) is 5.95 Å². The lowest BCUT2D eigenvalue weighted by Crippen LogP contribution is -2.05. The number of unbranched alkanes of at least 4 members (excludes halogenated alkanes) is 2. The van der Waals surface area contributed by atoms with Gasteiger partial charge in [-0.1, -0.05) is 43.5 Å². The van der Waals surface area contributed by atoms with Gasteiger partial charge < -0.3 is 5.73 Å². The van der Waals surface area contributed by atoms with E-state index in [1.165, 1.54) is 12.8 Å². The molecule has 0 spiro atoms. The smallest absolute Gasteiger partial charge is 0.220 e. The topological polar surface area (TPSA) is 51.8 Å². The van der Waals surface area contributed by atoms with Crippen molar-refractivity contribution >= 4 is 17.5 Å². The molecule has 0 bridgehead atoms. The van der Waals surface area contributed by atoms with Crippen LogP contribution in [0.5, 0.6) is 0 Å². The summed E-state index contributed by atoms with van der Waals surface area (Å²) >= 11 is 6.09. The number of hydrogen-bond donors (Lipinski definition) is 1. The Bertz CT molecular complexity index is 596. The maximum atomic E-state index is 6.09. The summed E-state index contributed by atoms with van der Waals surface area (Å²) in [5.41, 5.74) is 9.84. The normalized spacial score (nSPS) is 10.8. The fraction of sp³-hybridized carbons (Fsp3) is 0.375. The van der Waals surface area contributed by atoms with E-state index in [-0.39, 0.29) is 0 Å². The van der Waals surface area contributed by atoms with Crippen molar-refractivity contribution in [2.45, 2.75) is 39.5 Å². The van der Waals surface area contributed by atoms with Crippen molar-refractivity contribution in [1.82, 2.24) is 9.97 Å². The van der Waals surface area contributed by atoms with Crippen LogP contribution in [0.1, 0.15) is 37.6 Å². The lowest BCUT2D eigenvalue weighted by Gasteiger charge is -2.12. The van der Waals surface area contributed by atoms with Crippen LogP contribution in [0.25, 0.3) is 11.1 Å². The third kappa shape index (κ3) is 3.48. The van der Waals surface area contributed by atoms with Gasteiger partial charge in [0.1, 0.15) is 0 Å². The zero-order valence-electron chi connectivity index (χ0n) is 12.0. The first-order valence-electron chi connectivity index (χ1n) is 7.00. The highest BCUT2D eigenvalue weighted by Gasteiger charge is 2.12. The molecular weight excluding hydrogens is 270 g/mol. The molecule has 2 rings (SSSR count). The summed E-state index contributed by atoms with van der Waals surface area (Å²) in [6.07, 6.45) is 4.41. The van der Waals surface area contributed by atoms with Crippen molar-refractivity contribution in [2.24, 2.45) is 0 Å². The van der Waals surface area contributed by atoms with Gasteiger partial charge in [-0.25, -0.2) is 9.97 Å². The highest BCUT2D eigenvalue weighted by Crippen LogP contribution is 2.29. The molecule has 0 radical (unpaired) electrons. The van der Waals surface area contributed by atoms with E-state index in [2.05, 4.69) is 16.9 Å². The molecule has 0 saturated heterocycles. The minimum atomic E-state index is 0.347. The Kier molecular flexibility index (Phi) is 4.96. The van der Waals surface area contributed by atoms with Gasteiger partial charge >= 0.3 is 0 Å². The van der Waals surface area contributed by atoms with Gasteiger partial charge in [-0.05, 0) is 37.5 Å². The first-order chi connectivity index (χ1) is 9.61. The summed E-state index contributed by atoms with van der Waals surface area (Å²) < 4.78 is 0. The fourth-order valence-corrected chi connectivity index (χ4v) is 2.59. The van der Waals surface area contributed by atoms with Gasteiger partial charge in [-0.3, -0.25) is 0 Å². The van der Waals surface area contributed by atoms with E-state index >= 15 is 0 Å². The number of rotatable bonds is 5. The van der Waals surface area contributed by atoms with Crippen molar-refractivity contribution in [2.75, 3.05) is 5.73 Å². The second-order valence-electron chi connectivity index (χ2n) is 4.96. The number of nitrogens with two attached hydrogens (primary N) is 1. The van der Waals surface area contributed by atoms with E-state index in [9.17, 15) is 0 Å². The predicted molar refractivity (Wildman–Crippen MR) is 84.9 cm³/mol. The summed E-state index contributed by atoms with van der Waals surface area (Å²) in [5, 5.41) is 0.721. The first kappa shape index (κ1) is 14.8. The molecule has 106 valence electrons. The van der Waals surface area contributed by atoms with Crippen LogP contribution in [-0.2, 0) is 6.42 Å². The van der Waals surface area contributed by atoms with E-state index in [0.717, 1.165) is 40.4 Å². The van der Waals surface area contributed by atoms with Crippen LogP contribution in [-0.4, -0.2) is 9.97 Å². The van der Waals surface area contributed by atoms with Crippen molar-refractivity contribution < 1.29 is 0 Å². The Morgan fingerprint density at radius 3 is 2.70 bits per heavy atom. The van der Waals surface area contributed by atoms with Gasteiger partial charge in [-0.15, -0.1) is 0 Å². The number of anilines is 1. The van der Waals surface area contributed by atoms with Crippen LogP contribution in [0.3, 0.4) is 0 Å². The van der Waals surface area contributed by atoms with E-state index < -0.39 is 0 Å². The van der Waals surface area contributed by atoms with Crippen molar-refractivity contribution in [3.05, 3.63) is 40.7 Å². The molecule has 20 heavy (non-hydrogen) atoms. The second kappa shape index (κ2) is 6.71. The third-order valence-corrected chi connectivity index (χ3v) is 3.55.